The summed E-state index contributed by atoms with van der Waals surface area (Å²) in [7, 11) is -0.111. The second-order valence-corrected chi connectivity index (χ2v) is 11.1. The van der Waals surface area contributed by atoms with Gasteiger partial charge in [-0.3, -0.25) is 0 Å². The first-order chi connectivity index (χ1) is 17.2. The Morgan fingerprint density at radius 1 is 0.944 bits per heavy atom. The fourth-order valence-corrected chi connectivity index (χ4v) is 6.37. The molecular weight excluding hydrogens is 466 g/mol. The second-order valence-electron chi connectivity index (χ2n) is 9.23. The van der Waals surface area contributed by atoms with E-state index in [1.165, 1.54) is 20.5 Å². The third-order valence-electron chi connectivity index (χ3n) is 5.76. The van der Waals surface area contributed by atoms with Crippen molar-refractivity contribution in [2.24, 2.45) is 0 Å². The second kappa shape index (κ2) is 10.3. The van der Waals surface area contributed by atoms with Gasteiger partial charge in [0.05, 0.1) is 11.6 Å². The van der Waals surface area contributed by atoms with Crippen LogP contribution in [0.25, 0.3) is 15.0 Å². The van der Waals surface area contributed by atoms with Gasteiger partial charge in [-0.15, -0.1) is 0 Å². The van der Waals surface area contributed by atoms with Gasteiger partial charge in [0.25, 0.3) is 0 Å². The highest BCUT2D eigenvalue weighted by molar-refractivity contribution is 7.43. The standard InChI is InChI=1S/C31H28NO3S/c1-21-16-26(36-20-23(3)27-8-6-7-9-28(27)36)17-22(2)30(21)34-19-29(33)35-31(4,5)15-14-24-10-12-25(18-32)13-11-24/h6-13,16-17,20H,19H2,1-5H3/q+1. The fourth-order valence-electron chi connectivity index (χ4n) is 4.07. The van der Waals surface area contributed by atoms with E-state index in [0.29, 0.717) is 11.3 Å². The number of fused-ring (bicyclic) bond motifs is 1. The smallest absolute Gasteiger partial charge is 0.345 e. The molecule has 3 aromatic carbocycles. The summed E-state index contributed by atoms with van der Waals surface area (Å²) in [6.07, 6.45) is 0. The molecule has 180 valence electrons. The number of rotatable bonds is 5. The molecule has 36 heavy (non-hydrogen) atoms. The predicted molar refractivity (Wildman–Crippen MR) is 146 cm³/mol. The average molecular weight is 495 g/mol. The molecule has 1 unspecified atom stereocenters. The molecule has 0 fully saturated rings. The summed E-state index contributed by atoms with van der Waals surface area (Å²) in [6.45, 7) is 9.45. The summed E-state index contributed by atoms with van der Waals surface area (Å²) in [5, 5.41) is 12.5. The third kappa shape index (κ3) is 5.60. The first-order valence-electron chi connectivity index (χ1n) is 11.7. The zero-order valence-corrected chi connectivity index (χ0v) is 22.0. The van der Waals surface area contributed by atoms with Crippen molar-refractivity contribution in [1.82, 2.24) is 0 Å². The van der Waals surface area contributed by atoms with Crippen molar-refractivity contribution in [3.05, 3.63) is 93.9 Å². The monoisotopic (exact) mass is 494 g/mol. The molecule has 0 N–H and O–H groups in total. The minimum absolute atomic E-state index is 0.111. The number of esters is 1. The summed E-state index contributed by atoms with van der Waals surface area (Å²) in [6, 6.07) is 21.9. The lowest BCUT2D eigenvalue weighted by Crippen LogP contribution is -2.29. The summed E-state index contributed by atoms with van der Waals surface area (Å²) in [5.74, 6) is 6.19. The number of nitrogens with zero attached hydrogens (tertiary/aromatic N) is 1. The van der Waals surface area contributed by atoms with Gasteiger partial charge in [-0.05, 0) is 82.1 Å². The number of benzene rings is 3. The molecule has 0 amide bonds. The molecule has 4 aromatic rings. The normalized spacial score (nSPS) is 11.4. The Kier molecular flexibility index (Phi) is 7.15. The first kappa shape index (κ1) is 25.0. The topological polar surface area (TPSA) is 59.3 Å². The van der Waals surface area contributed by atoms with Crippen LogP contribution in [0.15, 0.2) is 66.0 Å². The van der Waals surface area contributed by atoms with Gasteiger partial charge in [0.2, 0.25) is 0 Å². The quantitative estimate of drug-likeness (QED) is 0.168. The molecule has 4 nitrogen and oxygen atoms in total. The number of hydrogen-bond donors (Lipinski definition) is 0. The van der Waals surface area contributed by atoms with Crippen molar-refractivity contribution in [1.29, 1.82) is 5.26 Å². The lowest BCUT2D eigenvalue weighted by atomic mass is 10.1. The highest BCUT2D eigenvalue weighted by Crippen LogP contribution is 2.43. The van der Waals surface area contributed by atoms with E-state index in [4.69, 9.17) is 14.7 Å². The van der Waals surface area contributed by atoms with Gasteiger partial charge < -0.3 is 9.47 Å². The summed E-state index contributed by atoms with van der Waals surface area (Å²) >= 11 is 0. The summed E-state index contributed by atoms with van der Waals surface area (Å²) < 4.78 is 12.8. The Labute approximate surface area is 215 Å². The maximum absolute atomic E-state index is 12.5. The van der Waals surface area contributed by atoms with Gasteiger partial charge in [-0.2, -0.15) is 5.26 Å². The van der Waals surface area contributed by atoms with Crippen molar-refractivity contribution in [3.8, 4) is 28.6 Å². The van der Waals surface area contributed by atoms with Crippen LogP contribution in [-0.2, 0) is 9.53 Å². The molecule has 0 aliphatic carbocycles. The molecule has 4 rings (SSSR count). The van der Waals surface area contributed by atoms with Crippen LogP contribution in [0.1, 0.15) is 41.7 Å². The number of carbonyl (C=O) groups excluding carboxylic acids is 1. The molecule has 0 radical (unpaired) electrons. The largest absolute Gasteiger partial charge is 0.481 e. The maximum atomic E-state index is 12.5. The van der Waals surface area contributed by atoms with Gasteiger partial charge in [0.1, 0.15) is 11.1 Å². The Morgan fingerprint density at radius 2 is 1.58 bits per heavy atom. The SMILES string of the molecule is Cc1cc(-[s+]2cc(C)c3ccccc32)cc(C)c1OCC(=O)OC(C)(C)C#Cc1ccc(C#N)cc1. The number of ether oxygens (including phenoxy) is 2. The first-order valence-corrected chi connectivity index (χ1v) is 13.0. The Morgan fingerprint density at radius 3 is 2.25 bits per heavy atom. The Balaban J connectivity index is 1.44. The fraction of sp³-hybridized carbons (Fsp3) is 0.226. The van der Waals surface area contributed by atoms with E-state index in [0.717, 1.165) is 16.7 Å². The van der Waals surface area contributed by atoms with Crippen molar-refractivity contribution in [3.63, 3.8) is 0 Å². The van der Waals surface area contributed by atoms with Crippen LogP contribution in [0.5, 0.6) is 5.75 Å². The highest BCUT2D eigenvalue weighted by atomic mass is 32.2. The summed E-state index contributed by atoms with van der Waals surface area (Å²) in [4.78, 5) is 13.8. The molecule has 1 aromatic heterocycles. The molecule has 5 heteroatoms. The van der Waals surface area contributed by atoms with Gasteiger partial charge in [-0.1, -0.05) is 24.0 Å². The number of thiophene rings is 1. The van der Waals surface area contributed by atoms with Crippen LogP contribution in [0.4, 0.5) is 0 Å². The molecular formula is C31H28NO3S+. The zero-order chi connectivity index (χ0) is 25.9. The lowest BCUT2D eigenvalue weighted by molar-refractivity contribution is -0.154. The van der Waals surface area contributed by atoms with Gasteiger partial charge in [0, 0.05) is 39.1 Å². The number of aryl methyl sites for hydroxylation is 3. The van der Waals surface area contributed by atoms with Crippen molar-refractivity contribution in [2.75, 3.05) is 6.61 Å². The van der Waals surface area contributed by atoms with E-state index in [1.807, 2.05) is 13.8 Å². The lowest BCUT2D eigenvalue weighted by Gasteiger charge is -2.19. The number of hydrogen-bond acceptors (Lipinski definition) is 4. The highest BCUT2D eigenvalue weighted by Gasteiger charge is 2.23. The summed E-state index contributed by atoms with van der Waals surface area (Å²) in [5.41, 5.74) is 3.61. The van der Waals surface area contributed by atoms with Crippen molar-refractivity contribution in [2.45, 2.75) is 40.2 Å². The minimum Gasteiger partial charge on any atom is -0.481 e. The molecule has 0 saturated heterocycles. The van der Waals surface area contributed by atoms with E-state index in [2.05, 4.69) is 66.6 Å². The Bertz CT molecular complexity index is 1520. The minimum atomic E-state index is -0.983. The van der Waals surface area contributed by atoms with E-state index in [9.17, 15) is 4.79 Å². The molecule has 0 aliphatic rings. The number of nitriles is 1. The van der Waals surface area contributed by atoms with Crippen LogP contribution in [-0.4, -0.2) is 18.2 Å². The van der Waals surface area contributed by atoms with Crippen LogP contribution in [0.2, 0.25) is 0 Å². The van der Waals surface area contributed by atoms with Crippen LogP contribution in [0, 0.1) is 43.9 Å². The van der Waals surface area contributed by atoms with Crippen LogP contribution < -0.4 is 4.74 Å². The number of carbonyl (C=O) groups is 1. The van der Waals surface area contributed by atoms with Gasteiger partial charge >= 0.3 is 5.97 Å². The average Bonchev–Trinajstić information content (AvgIpc) is 3.19. The van der Waals surface area contributed by atoms with Crippen LogP contribution in [0.3, 0.4) is 0 Å². The molecule has 1 heterocycles. The van der Waals surface area contributed by atoms with E-state index in [-0.39, 0.29) is 17.1 Å². The van der Waals surface area contributed by atoms with Crippen LogP contribution >= 0.6 is 10.5 Å². The molecule has 1 atom stereocenters. The van der Waals surface area contributed by atoms with E-state index >= 15 is 0 Å². The molecule has 0 bridgehead atoms. The molecule has 0 saturated carbocycles. The van der Waals surface area contributed by atoms with Crippen molar-refractivity contribution < 1.29 is 14.3 Å². The van der Waals surface area contributed by atoms with E-state index < -0.39 is 11.6 Å². The molecule has 0 spiro atoms. The van der Waals surface area contributed by atoms with Gasteiger partial charge in [-0.25, -0.2) is 4.79 Å². The predicted octanol–water partition coefficient (Wildman–Crippen LogP) is 7.13. The zero-order valence-electron chi connectivity index (χ0n) is 21.1. The molecule has 0 aliphatic heterocycles. The Hall–Kier alpha value is -4.06. The van der Waals surface area contributed by atoms with E-state index in [1.54, 1.807) is 38.1 Å². The van der Waals surface area contributed by atoms with Gasteiger partial charge in [0.15, 0.2) is 21.8 Å². The third-order valence-corrected chi connectivity index (χ3v) is 7.92. The van der Waals surface area contributed by atoms with Crippen molar-refractivity contribution >= 4 is 26.5 Å². The maximum Gasteiger partial charge on any atom is 0.345 e.